The van der Waals surface area contributed by atoms with Crippen LogP contribution in [0.4, 0.5) is 27.6 Å². The number of ether oxygens (including phenoxy) is 2. The van der Waals surface area contributed by atoms with Gasteiger partial charge in [0.1, 0.15) is 0 Å². The molecule has 0 bridgehead atoms. The van der Waals surface area contributed by atoms with Gasteiger partial charge in [0, 0.05) is 24.1 Å². The highest BCUT2D eigenvalue weighted by Crippen LogP contribution is 2.47. The van der Waals surface area contributed by atoms with Gasteiger partial charge in [-0.25, -0.2) is 0 Å². The fourth-order valence-electron chi connectivity index (χ4n) is 3.03. The first kappa shape index (κ1) is 23.3. The highest BCUT2D eigenvalue weighted by Gasteiger charge is 2.41. The summed E-state index contributed by atoms with van der Waals surface area (Å²) in [4.78, 5) is 12.3. The topological polar surface area (TPSA) is 65.4 Å². The number of hydrogen-bond acceptors (Lipinski definition) is 4. The highest BCUT2D eigenvalue weighted by molar-refractivity contribution is 9.10. The molecule has 1 saturated carbocycles. The first-order valence-corrected chi connectivity index (χ1v) is 10.2. The lowest BCUT2D eigenvalue weighted by atomic mass is 10.2. The lowest BCUT2D eigenvalue weighted by molar-refractivity contribution is -0.142. The molecule has 1 aliphatic rings. The number of anilines is 1. The molecule has 12 heteroatoms. The van der Waals surface area contributed by atoms with E-state index in [0.717, 1.165) is 12.8 Å². The second-order valence-electron chi connectivity index (χ2n) is 6.81. The molecule has 2 aromatic rings. The summed E-state index contributed by atoms with van der Waals surface area (Å²) in [5.41, 5.74) is -0.298. The number of aryl methyl sites for hydroxylation is 1. The van der Waals surface area contributed by atoms with Gasteiger partial charge in [-0.1, -0.05) is 0 Å². The molecule has 170 valence electrons. The minimum Gasteiger partial charge on any atom is -0.490 e. The molecule has 0 unspecified atom stereocenters. The minimum absolute atomic E-state index is 0.0165. The van der Waals surface area contributed by atoms with Crippen LogP contribution >= 0.6 is 15.9 Å². The molecule has 0 aliphatic heterocycles. The number of rotatable bonds is 9. The summed E-state index contributed by atoms with van der Waals surface area (Å²) in [7, 11) is 0. The number of nitrogens with zero attached hydrogens (tertiary/aromatic N) is 2. The van der Waals surface area contributed by atoms with Crippen molar-refractivity contribution in [3.8, 4) is 11.5 Å². The van der Waals surface area contributed by atoms with E-state index in [4.69, 9.17) is 4.74 Å². The maximum absolute atomic E-state index is 13.2. The number of halogens is 6. The van der Waals surface area contributed by atoms with Crippen molar-refractivity contribution >= 4 is 27.5 Å². The number of carbonyl (C=O) groups excluding carboxylic acids is 1. The summed E-state index contributed by atoms with van der Waals surface area (Å²) >= 11 is 3.00. The molecule has 1 aliphatic carbocycles. The Morgan fingerprint density at radius 1 is 1.32 bits per heavy atom. The predicted octanol–water partition coefficient (Wildman–Crippen LogP) is 5.57. The highest BCUT2D eigenvalue weighted by atomic mass is 79.9. The predicted molar refractivity (Wildman–Crippen MR) is 104 cm³/mol. The van der Waals surface area contributed by atoms with E-state index in [1.165, 1.54) is 22.9 Å². The average molecular weight is 512 g/mol. The molecule has 0 saturated heterocycles. The van der Waals surface area contributed by atoms with E-state index in [1.807, 2.05) is 0 Å². The third-order valence-corrected chi connectivity index (χ3v) is 5.24. The third kappa shape index (κ3) is 5.86. The van der Waals surface area contributed by atoms with E-state index in [9.17, 15) is 26.7 Å². The molecule has 1 fully saturated rings. The van der Waals surface area contributed by atoms with E-state index in [1.54, 1.807) is 6.92 Å². The average Bonchev–Trinajstić information content (AvgIpc) is 3.44. The maximum atomic E-state index is 13.2. The molecular weight excluding hydrogens is 493 g/mol. The maximum Gasteiger partial charge on any atom is 0.436 e. The van der Waals surface area contributed by atoms with Crippen molar-refractivity contribution in [3.05, 3.63) is 34.1 Å². The monoisotopic (exact) mass is 511 g/mol. The number of aromatic nitrogens is 2. The summed E-state index contributed by atoms with van der Waals surface area (Å²) in [6.07, 6.45) is -3.21. The van der Waals surface area contributed by atoms with Crippen molar-refractivity contribution in [2.75, 3.05) is 11.9 Å². The van der Waals surface area contributed by atoms with Crippen LogP contribution in [-0.4, -0.2) is 28.9 Å². The fraction of sp³-hybridized carbons (Fsp3) is 0.474. The molecule has 1 aromatic carbocycles. The van der Waals surface area contributed by atoms with Gasteiger partial charge in [-0.05, 0) is 47.8 Å². The molecule has 6 nitrogen and oxygen atoms in total. The van der Waals surface area contributed by atoms with Crippen LogP contribution < -0.4 is 14.8 Å². The molecule has 3 rings (SSSR count). The fourth-order valence-corrected chi connectivity index (χ4v) is 3.86. The molecule has 1 amide bonds. The van der Waals surface area contributed by atoms with Crippen LogP contribution in [0.25, 0.3) is 0 Å². The van der Waals surface area contributed by atoms with E-state index < -0.39 is 24.4 Å². The first-order valence-electron chi connectivity index (χ1n) is 9.45. The van der Waals surface area contributed by atoms with Crippen molar-refractivity contribution in [2.24, 2.45) is 0 Å². The quantitative estimate of drug-likeness (QED) is 0.447. The van der Waals surface area contributed by atoms with Crippen molar-refractivity contribution < 1.29 is 36.2 Å². The zero-order chi connectivity index (χ0) is 22.8. The number of benzene rings is 1. The Morgan fingerprint density at radius 2 is 2.03 bits per heavy atom. The van der Waals surface area contributed by atoms with Crippen LogP contribution in [0.2, 0.25) is 0 Å². The van der Waals surface area contributed by atoms with Gasteiger partial charge in [0.25, 0.3) is 0 Å². The van der Waals surface area contributed by atoms with Gasteiger partial charge in [-0.3, -0.25) is 9.48 Å². The lowest BCUT2D eigenvalue weighted by Gasteiger charge is -2.13. The number of amides is 1. The SMILES string of the molecule is CCOc1cc(NC(=O)CCn2nc(C(F)(F)F)c(Br)c2C2CC2)ccc1OC(F)F. The molecule has 1 N–H and O–H groups in total. The van der Waals surface area contributed by atoms with E-state index in [0.29, 0.717) is 5.69 Å². The van der Waals surface area contributed by atoms with E-state index in [2.05, 4.69) is 31.1 Å². The van der Waals surface area contributed by atoms with Gasteiger partial charge in [0.05, 0.1) is 23.3 Å². The normalized spacial score (nSPS) is 14.1. The van der Waals surface area contributed by atoms with Crippen molar-refractivity contribution in [1.82, 2.24) is 9.78 Å². The molecule has 31 heavy (non-hydrogen) atoms. The van der Waals surface area contributed by atoms with Crippen LogP contribution in [0.3, 0.4) is 0 Å². The van der Waals surface area contributed by atoms with Crippen molar-refractivity contribution in [1.29, 1.82) is 0 Å². The van der Waals surface area contributed by atoms with Crippen LogP contribution in [0.5, 0.6) is 11.5 Å². The summed E-state index contributed by atoms with van der Waals surface area (Å²) in [5, 5.41) is 6.23. The lowest BCUT2D eigenvalue weighted by Crippen LogP contribution is -2.16. The van der Waals surface area contributed by atoms with Crippen LogP contribution in [-0.2, 0) is 17.5 Å². The Bertz CT molecular complexity index is 945. The summed E-state index contributed by atoms with van der Waals surface area (Å²) in [6.45, 7) is -1.23. The van der Waals surface area contributed by atoms with Crippen molar-refractivity contribution in [2.45, 2.75) is 51.4 Å². The standard InChI is InChI=1S/C19H19BrF5N3O3/c1-2-30-13-9-11(5-6-12(13)31-18(21)22)26-14(29)7-8-28-16(10-3-4-10)15(20)17(27-28)19(23,24)25/h5-6,9-10,18H,2-4,7-8H2,1H3,(H,26,29). The van der Waals surface area contributed by atoms with Crippen LogP contribution in [0.15, 0.2) is 22.7 Å². The largest absolute Gasteiger partial charge is 0.490 e. The van der Waals surface area contributed by atoms with Gasteiger partial charge in [0.15, 0.2) is 17.2 Å². The van der Waals surface area contributed by atoms with Crippen LogP contribution in [0, 0.1) is 0 Å². The number of alkyl halides is 5. The van der Waals surface area contributed by atoms with Crippen LogP contribution in [0.1, 0.15) is 43.5 Å². The summed E-state index contributed by atoms with van der Waals surface area (Å²) in [5.74, 6) is -0.642. The minimum atomic E-state index is -4.60. The number of carbonyl (C=O) groups is 1. The Balaban J connectivity index is 1.69. The molecular formula is C19H19BrF5N3O3. The molecule has 1 aromatic heterocycles. The molecule has 0 atom stereocenters. The van der Waals surface area contributed by atoms with Gasteiger partial charge in [-0.2, -0.15) is 27.1 Å². The Labute approximate surface area is 182 Å². The van der Waals surface area contributed by atoms with Gasteiger partial charge in [0.2, 0.25) is 5.91 Å². The van der Waals surface area contributed by atoms with Gasteiger partial charge in [-0.15, -0.1) is 0 Å². The van der Waals surface area contributed by atoms with Gasteiger partial charge >= 0.3 is 12.8 Å². The molecule has 1 heterocycles. The van der Waals surface area contributed by atoms with E-state index >= 15 is 0 Å². The molecule has 0 spiro atoms. The number of hydrogen-bond donors (Lipinski definition) is 1. The Hall–Kier alpha value is -2.37. The Kier molecular flexibility index (Phi) is 7.07. The van der Waals surface area contributed by atoms with Gasteiger partial charge < -0.3 is 14.8 Å². The first-order chi connectivity index (χ1) is 14.6. The zero-order valence-electron chi connectivity index (χ0n) is 16.3. The molecule has 0 radical (unpaired) electrons. The second kappa shape index (κ2) is 9.41. The Morgan fingerprint density at radius 3 is 2.61 bits per heavy atom. The number of nitrogens with one attached hydrogen (secondary N) is 1. The summed E-state index contributed by atoms with van der Waals surface area (Å²) < 4.78 is 75.2. The smallest absolute Gasteiger partial charge is 0.436 e. The second-order valence-corrected chi connectivity index (χ2v) is 7.61. The third-order valence-electron chi connectivity index (χ3n) is 4.46. The zero-order valence-corrected chi connectivity index (χ0v) is 17.9. The van der Waals surface area contributed by atoms with E-state index in [-0.39, 0.29) is 47.1 Å². The van der Waals surface area contributed by atoms with Crippen molar-refractivity contribution in [3.63, 3.8) is 0 Å². The summed E-state index contributed by atoms with van der Waals surface area (Å²) in [6, 6.07) is 3.93.